The van der Waals surface area contributed by atoms with Crippen LogP contribution in [-0.2, 0) is 0 Å². The lowest BCUT2D eigenvalue weighted by molar-refractivity contribution is 0.0693. The maximum atomic E-state index is 11.2. The summed E-state index contributed by atoms with van der Waals surface area (Å²) in [6.07, 6.45) is 14.8. The molecule has 0 aromatic heterocycles. The van der Waals surface area contributed by atoms with Crippen LogP contribution in [0.5, 0.6) is 11.5 Å². The van der Waals surface area contributed by atoms with Crippen LogP contribution in [0.25, 0.3) is 0 Å². The number of benzene rings is 4. The Bertz CT molecular complexity index is 1290. The second-order valence-electron chi connectivity index (χ2n) is 11.7. The van der Waals surface area contributed by atoms with Crippen LogP contribution in [0.15, 0.2) is 103 Å². The molecule has 0 aliphatic carbocycles. The number of carboxylic acid groups (broad SMARTS) is 1. The Morgan fingerprint density at radius 3 is 1.43 bits per heavy atom. The molecule has 0 fully saturated rings. The molecule has 4 rings (SSSR count). The molecule has 4 nitrogen and oxygen atoms in total. The van der Waals surface area contributed by atoms with Gasteiger partial charge in [-0.25, -0.2) is 4.79 Å². The van der Waals surface area contributed by atoms with Gasteiger partial charge in [-0.1, -0.05) is 106 Å². The Morgan fingerprint density at radius 1 is 0.614 bits per heavy atom. The van der Waals surface area contributed by atoms with E-state index in [0.717, 1.165) is 12.8 Å². The quantitative estimate of drug-likeness (QED) is 0.0820. The van der Waals surface area contributed by atoms with Gasteiger partial charge in [0.2, 0.25) is 0 Å². The Hall–Kier alpha value is -3.62. The number of unbranched alkanes of at least 4 members (excludes halogenated alkanes) is 10. The number of aryl methyl sites for hydroxylation is 1. The monoisotopic (exact) mass is 611 g/mol. The highest BCUT2D eigenvalue weighted by atomic mass is 31.2. The minimum Gasteiger partial charge on any atom is -0.507 e. The first-order chi connectivity index (χ1) is 21.5. The number of hydrogen-bond donors (Lipinski definition) is 2. The normalized spacial score (nSPS) is 11.4. The maximum absolute atomic E-state index is 11.2. The molecule has 4 aromatic carbocycles. The first kappa shape index (κ1) is 33.3. The van der Waals surface area contributed by atoms with Crippen molar-refractivity contribution in [3.8, 4) is 11.5 Å². The van der Waals surface area contributed by atoms with Crippen LogP contribution in [0.4, 0.5) is 0 Å². The van der Waals surface area contributed by atoms with Crippen molar-refractivity contribution in [1.82, 2.24) is 0 Å². The van der Waals surface area contributed by atoms with E-state index in [9.17, 15) is 15.0 Å². The summed E-state index contributed by atoms with van der Waals surface area (Å²) in [6, 6.07) is 36.7. The second-order valence-corrected chi connectivity index (χ2v) is 15.3. The number of aromatic hydroxyl groups is 1. The van der Waals surface area contributed by atoms with Crippen molar-refractivity contribution >= 4 is 29.1 Å². The fourth-order valence-corrected chi connectivity index (χ4v) is 10.6. The number of aromatic carboxylic acids is 1. The highest BCUT2D eigenvalue weighted by molar-refractivity contribution is 7.95. The molecular formula is C39H48O4P+. The third-order valence-corrected chi connectivity index (χ3v) is 13.0. The zero-order chi connectivity index (χ0) is 31.0. The molecule has 0 atom stereocenters. The Labute approximate surface area is 264 Å². The molecule has 0 amide bonds. The molecule has 0 aliphatic rings. The highest BCUT2D eigenvalue weighted by Crippen LogP contribution is 2.56. The fourth-order valence-electron chi connectivity index (χ4n) is 6.21. The zero-order valence-electron chi connectivity index (χ0n) is 26.2. The lowest BCUT2D eigenvalue weighted by Gasteiger charge is -2.27. The van der Waals surface area contributed by atoms with Gasteiger partial charge >= 0.3 is 5.97 Å². The molecule has 0 spiro atoms. The first-order valence-corrected chi connectivity index (χ1v) is 18.2. The SMILES string of the molecule is Cc1cc(OCCCCCCCCCCCCC[P+](c2ccccc2)(c2ccccc2)c2ccccc2)cc(O)c1C(=O)O. The summed E-state index contributed by atoms with van der Waals surface area (Å²) in [5.41, 5.74) is 0.448. The summed E-state index contributed by atoms with van der Waals surface area (Å²) in [6.45, 7) is 2.25. The standard InChI is InChI=1S/C39H47O4P/c1-32-30-33(31-37(40)38(32)39(41)42)43-28-20-9-7-5-3-2-4-6-8-10-21-29-44(34-22-14-11-15-23-34,35-24-16-12-17-25-35)36-26-18-13-19-27-36/h11-19,22-27,30-31H,2-10,20-21,28-29H2,1H3,(H-,40,41,42)/p+1. The van der Waals surface area contributed by atoms with Crippen LogP contribution in [0.3, 0.4) is 0 Å². The third kappa shape index (κ3) is 9.19. The summed E-state index contributed by atoms with van der Waals surface area (Å²) < 4.78 is 5.74. The lowest BCUT2D eigenvalue weighted by atomic mass is 10.1. The number of carboxylic acids is 1. The van der Waals surface area contributed by atoms with Crippen LogP contribution in [0, 0.1) is 6.92 Å². The fraction of sp³-hybridized carbons (Fsp3) is 0.359. The molecule has 4 aromatic rings. The van der Waals surface area contributed by atoms with E-state index < -0.39 is 13.2 Å². The topological polar surface area (TPSA) is 66.8 Å². The maximum Gasteiger partial charge on any atom is 0.339 e. The van der Waals surface area contributed by atoms with Gasteiger partial charge in [0.15, 0.2) is 0 Å². The first-order valence-electron chi connectivity index (χ1n) is 16.3. The van der Waals surface area contributed by atoms with Crippen molar-refractivity contribution in [2.24, 2.45) is 0 Å². The zero-order valence-corrected chi connectivity index (χ0v) is 27.1. The predicted octanol–water partition coefficient (Wildman–Crippen LogP) is 9.06. The molecule has 2 N–H and O–H groups in total. The Morgan fingerprint density at radius 2 is 1.02 bits per heavy atom. The molecule has 0 saturated heterocycles. The average molecular weight is 612 g/mol. The lowest BCUT2D eigenvalue weighted by Crippen LogP contribution is -2.33. The van der Waals surface area contributed by atoms with Gasteiger partial charge in [-0.15, -0.1) is 0 Å². The van der Waals surface area contributed by atoms with Gasteiger partial charge in [-0.2, -0.15) is 0 Å². The number of ether oxygens (including phenoxy) is 1. The van der Waals surface area contributed by atoms with Gasteiger partial charge in [-0.3, -0.25) is 0 Å². The van der Waals surface area contributed by atoms with Crippen molar-refractivity contribution in [2.75, 3.05) is 12.8 Å². The molecule has 0 bridgehead atoms. The van der Waals surface area contributed by atoms with E-state index in [1.807, 2.05) is 0 Å². The van der Waals surface area contributed by atoms with Crippen molar-refractivity contribution in [1.29, 1.82) is 0 Å². The summed E-state index contributed by atoms with van der Waals surface area (Å²) in [5.74, 6) is -0.841. The van der Waals surface area contributed by atoms with Crippen molar-refractivity contribution < 1.29 is 19.7 Å². The van der Waals surface area contributed by atoms with E-state index >= 15 is 0 Å². The van der Waals surface area contributed by atoms with Crippen LogP contribution < -0.4 is 20.7 Å². The minimum absolute atomic E-state index is 0.0603. The van der Waals surface area contributed by atoms with Crippen molar-refractivity contribution in [3.63, 3.8) is 0 Å². The number of rotatable bonds is 19. The summed E-state index contributed by atoms with van der Waals surface area (Å²) in [5, 5.41) is 23.6. The van der Waals surface area contributed by atoms with Crippen molar-refractivity contribution in [2.45, 2.75) is 77.6 Å². The Kier molecular flexibility index (Phi) is 13.3. The van der Waals surface area contributed by atoms with E-state index in [4.69, 9.17) is 4.74 Å². The third-order valence-electron chi connectivity index (χ3n) is 8.50. The van der Waals surface area contributed by atoms with Gasteiger partial charge in [-0.05, 0) is 74.2 Å². The molecular weight excluding hydrogens is 563 g/mol. The van der Waals surface area contributed by atoms with E-state index in [1.54, 1.807) is 13.0 Å². The molecule has 0 unspecified atom stereocenters. The molecule has 232 valence electrons. The Balaban J connectivity index is 1.12. The second kappa shape index (κ2) is 17.6. The largest absolute Gasteiger partial charge is 0.507 e. The summed E-state index contributed by atoms with van der Waals surface area (Å²) in [4.78, 5) is 11.2. The minimum atomic E-state index is -1.70. The number of carbonyl (C=O) groups is 1. The molecule has 0 aliphatic heterocycles. The summed E-state index contributed by atoms with van der Waals surface area (Å²) >= 11 is 0. The molecule has 0 heterocycles. The van der Waals surface area contributed by atoms with Crippen molar-refractivity contribution in [3.05, 3.63) is 114 Å². The molecule has 0 saturated carbocycles. The van der Waals surface area contributed by atoms with Gasteiger partial charge in [0.25, 0.3) is 0 Å². The van der Waals surface area contributed by atoms with Gasteiger partial charge in [0.05, 0.1) is 12.8 Å². The van der Waals surface area contributed by atoms with Gasteiger partial charge in [0.1, 0.15) is 40.2 Å². The number of phenols is 1. The number of hydrogen-bond acceptors (Lipinski definition) is 3. The summed E-state index contributed by atoms with van der Waals surface area (Å²) in [7, 11) is -1.70. The molecule has 0 radical (unpaired) electrons. The van der Waals surface area contributed by atoms with E-state index in [1.165, 1.54) is 85.9 Å². The molecule has 44 heavy (non-hydrogen) atoms. The van der Waals surface area contributed by atoms with Crippen LogP contribution in [0.1, 0.15) is 86.6 Å². The van der Waals surface area contributed by atoms with E-state index in [-0.39, 0.29) is 11.3 Å². The van der Waals surface area contributed by atoms with Crippen LogP contribution in [-0.4, -0.2) is 29.0 Å². The van der Waals surface area contributed by atoms with E-state index in [0.29, 0.717) is 17.9 Å². The average Bonchev–Trinajstić information content (AvgIpc) is 3.04. The van der Waals surface area contributed by atoms with Crippen LogP contribution in [0.2, 0.25) is 0 Å². The predicted molar refractivity (Wildman–Crippen MR) is 186 cm³/mol. The van der Waals surface area contributed by atoms with E-state index in [2.05, 4.69) is 91.0 Å². The smallest absolute Gasteiger partial charge is 0.339 e. The van der Waals surface area contributed by atoms with Gasteiger partial charge in [0, 0.05) is 6.07 Å². The van der Waals surface area contributed by atoms with Gasteiger partial charge < -0.3 is 14.9 Å². The highest BCUT2D eigenvalue weighted by Gasteiger charge is 2.44. The van der Waals surface area contributed by atoms with Crippen LogP contribution >= 0.6 is 7.26 Å². The molecule has 5 heteroatoms.